The van der Waals surface area contributed by atoms with Crippen LogP contribution in [-0.2, 0) is 0 Å². The lowest BCUT2D eigenvalue weighted by atomic mass is 9.98. The van der Waals surface area contributed by atoms with E-state index in [0.717, 1.165) is 5.56 Å². The lowest BCUT2D eigenvalue weighted by molar-refractivity contribution is 0.215. The van der Waals surface area contributed by atoms with Crippen LogP contribution in [0.25, 0.3) is 0 Å². The lowest BCUT2D eigenvalue weighted by Gasteiger charge is -2.15. The maximum atomic E-state index is 10.3. The highest BCUT2D eigenvalue weighted by molar-refractivity contribution is 6.30. The molecule has 0 amide bonds. The number of phenolic OH excluding ortho intramolecular Hbond substituents is 1. The monoisotopic (exact) mass is 263 g/mol. The van der Waals surface area contributed by atoms with Crippen LogP contribution in [0.2, 0.25) is 5.02 Å². The van der Waals surface area contributed by atoms with E-state index >= 15 is 0 Å². The molecule has 4 heteroatoms. The van der Waals surface area contributed by atoms with Crippen LogP contribution in [0.3, 0.4) is 0 Å². The summed E-state index contributed by atoms with van der Waals surface area (Å²) in [5.41, 5.74) is 7.87. The molecule has 18 heavy (non-hydrogen) atoms. The Labute approximate surface area is 110 Å². The van der Waals surface area contributed by atoms with Gasteiger partial charge in [-0.05, 0) is 42.3 Å². The van der Waals surface area contributed by atoms with E-state index < -0.39 is 6.10 Å². The predicted octanol–water partition coefficient (Wildman–Crippen LogP) is 3.02. The number of hydrogen-bond acceptors (Lipinski definition) is 3. The van der Waals surface area contributed by atoms with Gasteiger partial charge < -0.3 is 15.9 Å². The summed E-state index contributed by atoms with van der Waals surface area (Å²) in [6.45, 7) is 1.86. The zero-order valence-corrected chi connectivity index (χ0v) is 10.6. The van der Waals surface area contributed by atoms with Crippen molar-refractivity contribution in [2.45, 2.75) is 13.0 Å². The van der Waals surface area contributed by atoms with Crippen molar-refractivity contribution < 1.29 is 10.2 Å². The molecule has 0 radical (unpaired) electrons. The molecule has 0 aliphatic heterocycles. The minimum Gasteiger partial charge on any atom is -0.505 e. The molecule has 0 bridgehead atoms. The number of nitrogen functional groups attached to an aromatic ring is 1. The summed E-state index contributed by atoms with van der Waals surface area (Å²) in [7, 11) is 0. The van der Waals surface area contributed by atoms with E-state index in [9.17, 15) is 10.2 Å². The maximum Gasteiger partial charge on any atom is 0.144 e. The van der Waals surface area contributed by atoms with Gasteiger partial charge in [-0.2, -0.15) is 0 Å². The second kappa shape index (κ2) is 4.88. The smallest absolute Gasteiger partial charge is 0.144 e. The van der Waals surface area contributed by atoms with E-state index in [0.29, 0.717) is 16.1 Å². The Morgan fingerprint density at radius 3 is 2.39 bits per heavy atom. The van der Waals surface area contributed by atoms with Gasteiger partial charge in [-0.1, -0.05) is 23.7 Å². The van der Waals surface area contributed by atoms with E-state index in [1.807, 2.05) is 6.92 Å². The predicted molar refractivity (Wildman–Crippen MR) is 72.8 cm³/mol. The fraction of sp³-hybridized carbons (Fsp3) is 0.143. The van der Waals surface area contributed by atoms with Crippen LogP contribution in [0.15, 0.2) is 36.4 Å². The molecule has 0 aliphatic rings. The van der Waals surface area contributed by atoms with E-state index in [4.69, 9.17) is 17.3 Å². The molecule has 0 heterocycles. The van der Waals surface area contributed by atoms with E-state index in [1.165, 1.54) is 0 Å². The summed E-state index contributed by atoms with van der Waals surface area (Å²) in [4.78, 5) is 0. The Kier molecular flexibility index (Phi) is 3.45. The standard InChI is InChI=1S/C14H14ClNO2/c1-8-6-11(14(18)12(16)7-8)13(17)9-2-4-10(15)5-3-9/h2-7,13,17-18H,16H2,1H3. The normalized spacial score (nSPS) is 12.4. The summed E-state index contributed by atoms with van der Waals surface area (Å²) >= 11 is 5.79. The van der Waals surface area contributed by atoms with Crippen LogP contribution in [0, 0.1) is 6.92 Å². The average Bonchev–Trinajstić information content (AvgIpc) is 2.34. The zero-order chi connectivity index (χ0) is 13.3. The molecule has 0 fully saturated rings. The van der Waals surface area contributed by atoms with Crippen molar-refractivity contribution in [2.24, 2.45) is 0 Å². The van der Waals surface area contributed by atoms with Gasteiger partial charge in [-0.3, -0.25) is 0 Å². The SMILES string of the molecule is Cc1cc(N)c(O)c(C(O)c2ccc(Cl)cc2)c1. The number of halogens is 1. The van der Waals surface area contributed by atoms with Crippen LogP contribution in [0.1, 0.15) is 22.8 Å². The molecular formula is C14H14ClNO2. The molecule has 0 saturated carbocycles. The van der Waals surface area contributed by atoms with Gasteiger partial charge >= 0.3 is 0 Å². The second-order valence-corrected chi connectivity index (χ2v) is 4.68. The number of anilines is 1. The third-order valence-corrected chi connectivity index (χ3v) is 3.05. The lowest BCUT2D eigenvalue weighted by Crippen LogP contribution is -2.02. The number of aryl methyl sites for hydroxylation is 1. The Morgan fingerprint density at radius 1 is 1.17 bits per heavy atom. The first kappa shape index (κ1) is 12.7. The minimum absolute atomic E-state index is 0.0805. The molecule has 0 aromatic heterocycles. The quantitative estimate of drug-likeness (QED) is 0.576. The van der Waals surface area contributed by atoms with Gasteiger partial charge in [0.05, 0.1) is 5.69 Å². The van der Waals surface area contributed by atoms with Crippen LogP contribution in [-0.4, -0.2) is 10.2 Å². The van der Waals surface area contributed by atoms with E-state index in [1.54, 1.807) is 36.4 Å². The summed E-state index contributed by atoms with van der Waals surface area (Å²) in [6.07, 6.45) is -0.926. The number of hydrogen-bond donors (Lipinski definition) is 3. The Balaban J connectivity index is 2.45. The minimum atomic E-state index is -0.926. The first-order chi connectivity index (χ1) is 8.49. The van der Waals surface area contributed by atoms with Crippen molar-refractivity contribution in [3.8, 4) is 5.75 Å². The highest BCUT2D eigenvalue weighted by Crippen LogP contribution is 2.34. The molecule has 0 spiro atoms. The van der Waals surface area contributed by atoms with Crippen LogP contribution >= 0.6 is 11.6 Å². The first-order valence-corrected chi connectivity index (χ1v) is 5.89. The topological polar surface area (TPSA) is 66.5 Å². The summed E-state index contributed by atoms with van der Waals surface area (Å²) < 4.78 is 0. The fourth-order valence-electron chi connectivity index (χ4n) is 1.87. The van der Waals surface area contributed by atoms with E-state index in [2.05, 4.69) is 0 Å². The molecule has 2 aromatic carbocycles. The highest BCUT2D eigenvalue weighted by Gasteiger charge is 2.16. The van der Waals surface area contributed by atoms with Crippen molar-refractivity contribution in [3.05, 3.63) is 58.1 Å². The number of benzene rings is 2. The Bertz CT molecular complexity index is 567. The molecule has 94 valence electrons. The van der Waals surface area contributed by atoms with E-state index in [-0.39, 0.29) is 11.4 Å². The zero-order valence-electron chi connectivity index (χ0n) is 9.89. The third kappa shape index (κ3) is 2.42. The van der Waals surface area contributed by atoms with Gasteiger partial charge in [0.15, 0.2) is 0 Å². The van der Waals surface area contributed by atoms with Crippen LogP contribution in [0.4, 0.5) is 5.69 Å². The highest BCUT2D eigenvalue weighted by atomic mass is 35.5. The van der Waals surface area contributed by atoms with Gasteiger partial charge in [-0.15, -0.1) is 0 Å². The summed E-state index contributed by atoms with van der Waals surface area (Å²) in [5.74, 6) is -0.0805. The first-order valence-electron chi connectivity index (χ1n) is 5.51. The van der Waals surface area contributed by atoms with Crippen molar-refractivity contribution in [1.82, 2.24) is 0 Å². The van der Waals surface area contributed by atoms with Crippen molar-refractivity contribution in [3.63, 3.8) is 0 Å². The van der Waals surface area contributed by atoms with Crippen molar-refractivity contribution in [1.29, 1.82) is 0 Å². The number of aliphatic hydroxyl groups is 1. The molecule has 0 saturated heterocycles. The van der Waals surface area contributed by atoms with Crippen LogP contribution in [0.5, 0.6) is 5.75 Å². The van der Waals surface area contributed by atoms with Gasteiger partial charge in [0.2, 0.25) is 0 Å². The maximum absolute atomic E-state index is 10.3. The average molecular weight is 264 g/mol. The molecule has 1 unspecified atom stereocenters. The number of nitrogens with two attached hydrogens (primary N) is 1. The largest absolute Gasteiger partial charge is 0.505 e. The fourth-order valence-corrected chi connectivity index (χ4v) is 1.99. The van der Waals surface area contributed by atoms with Gasteiger partial charge in [-0.25, -0.2) is 0 Å². The molecule has 0 aliphatic carbocycles. The Hall–Kier alpha value is -1.71. The molecule has 2 rings (SSSR count). The van der Waals surface area contributed by atoms with Crippen molar-refractivity contribution in [2.75, 3.05) is 5.73 Å². The Morgan fingerprint density at radius 2 is 1.78 bits per heavy atom. The molecule has 2 aromatic rings. The molecular weight excluding hydrogens is 250 g/mol. The van der Waals surface area contributed by atoms with Gasteiger partial charge in [0.1, 0.15) is 11.9 Å². The molecule has 4 N–H and O–H groups in total. The summed E-state index contributed by atoms with van der Waals surface area (Å²) in [5, 5.41) is 20.7. The van der Waals surface area contributed by atoms with Crippen LogP contribution < -0.4 is 5.73 Å². The number of phenols is 1. The summed E-state index contributed by atoms with van der Waals surface area (Å²) in [6, 6.07) is 10.2. The second-order valence-electron chi connectivity index (χ2n) is 4.25. The molecule has 3 nitrogen and oxygen atoms in total. The molecule has 1 atom stereocenters. The number of aliphatic hydroxyl groups excluding tert-OH is 1. The number of rotatable bonds is 2. The third-order valence-electron chi connectivity index (χ3n) is 2.79. The van der Waals surface area contributed by atoms with Crippen molar-refractivity contribution >= 4 is 17.3 Å². The number of aromatic hydroxyl groups is 1. The van der Waals surface area contributed by atoms with Gasteiger partial charge in [0, 0.05) is 10.6 Å². The van der Waals surface area contributed by atoms with Gasteiger partial charge in [0.25, 0.3) is 0 Å².